The molecule has 0 N–H and O–H groups in total. The number of carbonyl (C=O) groups excluding carboxylic acids is 2. The van der Waals surface area contributed by atoms with Crippen molar-refractivity contribution < 1.29 is 9.59 Å². The topological polar surface area (TPSA) is 40.6 Å². The number of anilines is 1. The van der Waals surface area contributed by atoms with Gasteiger partial charge < -0.3 is 9.80 Å². The number of hydrogen-bond acceptors (Lipinski definition) is 4. The molecule has 3 heterocycles. The number of nitrogens with zero attached hydrogens (tertiary/aromatic N) is 2. The van der Waals surface area contributed by atoms with E-state index in [0.29, 0.717) is 18.0 Å². The lowest BCUT2D eigenvalue weighted by Gasteiger charge is -2.33. The van der Waals surface area contributed by atoms with Crippen LogP contribution in [0.2, 0.25) is 0 Å². The van der Waals surface area contributed by atoms with Crippen molar-refractivity contribution in [2.24, 2.45) is 0 Å². The molecular weight excluding hydrogens is 412 g/mol. The fourth-order valence-electron chi connectivity index (χ4n) is 4.41. The van der Waals surface area contributed by atoms with Crippen LogP contribution in [0.4, 0.5) is 5.69 Å². The van der Waals surface area contributed by atoms with Gasteiger partial charge in [0.05, 0.1) is 17.1 Å². The summed E-state index contributed by atoms with van der Waals surface area (Å²) in [5.74, 6) is -0.110. The first-order valence-electron chi connectivity index (χ1n) is 9.93. The van der Waals surface area contributed by atoms with Crippen LogP contribution >= 0.6 is 23.1 Å². The summed E-state index contributed by atoms with van der Waals surface area (Å²) < 4.78 is -0.238. The van der Waals surface area contributed by atoms with Gasteiger partial charge in [-0.2, -0.15) is 0 Å². The fraction of sp³-hybridized carbons (Fsp3) is 0.250. The van der Waals surface area contributed by atoms with Crippen molar-refractivity contribution in [3.05, 3.63) is 88.1 Å². The van der Waals surface area contributed by atoms with Crippen LogP contribution in [0.1, 0.15) is 34.6 Å². The van der Waals surface area contributed by atoms with Crippen molar-refractivity contribution in [2.75, 3.05) is 11.4 Å². The van der Waals surface area contributed by atoms with Crippen molar-refractivity contribution in [1.29, 1.82) is 0 Å². The molecule has 2 aliphatic rings. The van der Waals surface area contributed by atoms with Crippen molar-refractivity contribution in [1.82, 2.24) is 4.90 Å². The molecule has 2 aromatic carbocycles. The minimum absolute atomic E-state index is 0.0342. The first-order valence-corrected chi connectivity index (χ1v) is 11.6. The second-order valence-corrected chi connectivity index (χ2v) is 11.1. The third kappa shape index (κ3) is 2.89. The summed E-state index contributed by atoms with van der Waals surface area (Å²) in [6.45, 7) is 5.22. The first-order chi connectivity index (χ1) is 14.4. The van der Waals surface area contributed by atoms with Crippen molar-refractivity contribution in [2.45, 2.75) is 30.0 Å². The average Bonchev–Trinajstić information content (AvgIpc) is 3.43. The highest BCUT2D eigenvalue weighted by Crippen LogP contribution is 2.60. The lowest BCUT2D eigenvalue weighted by molar-refractivity contribution is -0.123. The molecule has 1 aromatic heterocycles. The van der Waals surface area contributed by atoms with Gasteiger partial charge in [0.1, 0.15) is 0 Å². The van der Waals surface area contributed by atoms with E-state index in [2.05, 4.69) is 13.8 Å². The van der Waals surface area contributed by atoms with Gasteiger partial charge in [-0.3, -0.25) is 9.59 Å². The van der Waals surface area contributed by atoms with E-state index in [0.717, 1.165) is 16.8 Å². The summed E-state index contributed by atoms with van der Waals surface area (Å²) in [5.41, 5.74) is 2.86. The number of thioether (sulfide) groups is 1. The Balaban J connectivity index is 1.64. The smallest absolute Gasteiger partial charge is 0.268 e. The normalized spacial score (nSPS) is 22.0. The van der Waals surface area contributed by atoms with Gasteiger partial charge in [-0.05, 0) is 36.9 Å². The summed E-state index contributed by atoms with van der Waals surface area (Å²) in [6, 6.07) is 21.6. The molecule has 1 saturated heterocycles. The maximum Gasteiger partial charge on any atom is 0.268 e. The van der Waals surface area contributed by atoms with Gasteiger partial charge in [0.15, 0.2) is 4.87 Å². The number of carbonyl (C=O) groups is 2. The van der Waals surface area contributed by atoms with Gasteiger partial charge in [-0.25, -0.2) is 0 Å². The fourth-order valence-corrected chi connectivity index (χ4v) is 6.82. The highest BCUT2D eigenvalue weighted by atomic mass is 32.2. The van der Waals surface area contributed by atoms with Gasteiger partial charge in [-0.1, -0.05) is 54.6 Å². The Bertz CT molecular complexity index is 1110. The molecule has 1 fully saturated rings. The number of rotatable bonds is 3. The van der Waals surface area contributed by atoms with Crippen LogP contribution in [-0.2, 0) is 16.2 Å². The molecule has 1 spiro atoms. The van der Waals surface area contributed by atoms with E-state index in [1.54, 1.807) is 16.7 Å². The summed E-state index contributed by atoms with van der Waals surface area (Å²) in [4.78, 5) is 30.9. The second-order valence-electron chi connectivity index (χ2n) is 8.27. The predicted octanol–water partition coefficient (Wildman–Crippen LogP) is 5.12. The Hall–Kier alpha value is -2.57. The molecule has 3 aromatic rings. The lowest BCUT2D eigenvalue weighted by Crippen LogP contribution is -2.50. The highest BCUT2D eigenvalue weighted by molar-refractivity contribution is 8.02. The van der Waals surface area contributed by atoms with E-state index in [-0.39, 0.29) is 16.6 Å². The van der Waals surface area contributed by atoms with E-state index in [1.165, 1.54) is 11.3 Å². The van der Waals surface area contributed by atoms with Crippen LogP contribution in [-0.4, -0.2) is 28.0 Å². The van der Waals surface area contributed by atoms with Gasteiger partial charge in [0.25, 0.3) is 11.8 Å². The molecule has 30 heavy (non-hydrogen) atoms. The number of hydrogen-bond donors (Lipinski definition) is 0. The van der Waals surface area contributed by atoms with Gasteiger partial charge >= 0.3 is 0 Å². The van der Waals surface area contributed by atoms with E-state index in [4.69, 9.17) is 0 Å². The number of thiophene rings is 1. The maximum atomic E-state index is 14.1. The quantitative estimate of drug-likeness (QED) is 0.575. The number of benzene rings is 2. The second kappa shape index (κ2) is 7.00. The van der Waals surface area contributed by atoms with Gasteiger partial charge in [0.2, 0.25) is 0 Å². The molecule has 4 nitrogen and oxygen atoms in total. The molecule has 2 aliphatic heterocycles. The van der Waals surface area contributed by atoms with Crippen LogP contribution in [0, 0.1) is 0 Å². The molecule has 0 unspecified atom stereocenters. The molecule has 5 rings (SSSR count). The van der Waals surface area contributed by atoms with Crippen molar-refractivity contribution in [3.8, 4) is 0 Å². The molecule has 0 saturated carbocycles. The minimum atomic E-state index is -1.03. The lowest BCUT2D eigenvalue weighted by atomic mass is 10.0. The Kier molecular flexibility index (Phi) is 4.52. The minimum Gasteiger partial charge on any atom is -0.309 e. The monoisotopic (exact) mass is 434 g/mol. The van der Waals surface area contributed by atoms with E-state index >= 15 is 0 Å². The molecule has 6 heteroatoms. The molecule has 2 amide bonds. The Morgan fingerprint density at radius 1 is 1.00 bits per heavy atom. The van der Waals surface area contributed by atoms with E-state index in [1.807, 2.05) is 77.0 Å². The Morgan fingerprint density at radius 3 is 2.47 bits per heavy atom. The molecule has 0 radical (unpaired) electrons. The van der Waals surface area contributed by atoms with Crippen molar-refractivity contribution >= 4 is 40.6 Å². The number of fused-ring (bicyclic) bond motifs is 2. The van der Waals surface area contributed by atoms with E-state index in [9.17, 15) is 9.59 Å². The van der Waals surface area contributed by atoms with E-state index < -0.39 is 4.87 Å². The van der Waals surface area contributed by atoms with Crippen LogP contribution in [0.5, 0.6) is 0 Å². The summed E-state index contributed by atoms with van der Waals surface area (Å²) in [5, 5.41) is 1.90. The van der Waals surface area contributed by atoms with Crippen LogP contribution in [0.3, 0.4) is 0 Å². The average molecular weight is 435 g/mol. The predicted molar refractivity (Wildman–Crippen MR) is 123 cm³/mol. The van der Waals surface area contributed by atoms with Gasteiger partial charge in [0, 0.05) is 16.9 Å². The number of para-hydroxylation sites is 1. The molecule has 152 valence electrons. The highest BCUT2D eigenvalue weighted by Gasteiger charge is 2.63. The summed E-state index contributed by atoms with van der Waals surface area (Å²) in [6.07, 6.45) is 0. The molecule has 0 bridgehead atoms. The van der Waals surface area contributed by atoms with Crippen molar-refractivity contribution in [3.63, 3.8) is 0 Å². The maximum absolute atomic E-state index is 14.1. The Morgan fingerprint density at radius 2 is 1.73 bits per heavy atom. The summed E-state index contributed by atoms with van der Waals surface area (Å²) >= 11 is 3.02. The van der Waals surface area contributed by atoms with Crippen LogP contribution in [0.25, 0.3) is 0 Å². The molecule has 0 aliphatic carbocycles. The Labute approximate surface area is 184 Å². The number of amides is 2. The SMILES string of the molecule is CC1(C)CN(C(=O)c2cccs2)[C@@]2(S1)C(=O)N(Cc1ccccc1)c1ccccc12. The molecule has 1 atom stereocenters. The zero-order chi connectivity index (χ0) is 20.9. The zero-order valence-corrected chi connectivity index (χ0v) is 18.5. The van der Waals surface area contributed by atoms with Crippen LogP contribution < -0.4 is 4.90 Å². The zero-order valence-electron chi connectivity index (χ0n) is 16.9. The third-order valence-corrected chi connectivity index (χ3v) is 8.05. The molecular formula is C24H22N2O2S2. The largest absolute Gasteiger partial charge is 0.309 e. The van der Waals surface area contributed by atoms with Crippen LogP contribution in [0.15, 0.2) is 72.1 Å². The van der Waals surface area contributed by atoms with Gasteiger partial charge in [-0.15, -0.1) is 23.1 Å². The summed E-state index contributed by atoms with van der Waals surface area (Å²) in [7, 11) is 0. The first kappa shape index (κ1) is 19.4. The standard InChI is InChI=1S/C24H22N2O2S2/c1-23(2)16-26(21(27)20-13-8-14-29-20)24(30-23)18-11-6-7-12-19(18)25(22(24)28)15-17-9-4-3-5-10-17/h3-14H,15-16H2,1-2H3/t24-/m0/s1. The third-order valence-electron chi connectivity index (χ3n) is 5.60.